The molecule has 37 heavy (non-hydrogen) atoms. The third-order valence-corrected chi connectivity index (χ3v) is 5.31. The minimum atomic E-state index is -4.87. The van der Waals surface area contributed by atoms with Gasteiger partial charge in [-0.1, -0.05) is 24.3 Å². The van der Waals surface area contributed by atoms with Gasteiger partial charge in [0.2, 0.25) is 5.88 Å². The fraction of sp³-hybridized carbons (Fsp3) is 0.360. The molecule has 3 aromatic rings. The molecule has 0 aliphatic carbocycles. The van der Waals surface area contributed by atoms with Gasteiger partial charge < -0.3 is 24.8 Å². The lowest BCUT2D eigenvalue weighted by molar-refractivity contribution is -0.274. The first-order chi connectivity index (χ1) is 17.7. The molecule has 1 aromatic heterocycles. The predicted molar refractivity (Wildman–Crippen MR) is 132 cm³/mol. The molecule has 3 N–H and O–H groups in total. The van der Waals surface area contributed by atoms with Gasteiger partial charge in [0.15, 0.2) is 0 Å². The predicted octanol–water partition coefficient (Wildman–Crippen LogP) is 4.54. The van der Waals surface area contributed by atoms with Gasteiger partial charge in [0.25, 0.3) is 0 Å². The minimum Gasteiger partial charge on any atom is -0.480 e. The number of ether oxygens (including phenoxy) is 3. The highest BCUT2D eigenvalue weighted by atomic mass is 19.4. The van der Waals surface area contributed by atoms with Crippen molar-refractivity contribution in [1.82, 2.24) is 20.4 Å². The van der Waals surface area contributed by atoms with Crippen LogP contribution in [-0.2, 0) is 17.9 Å². The van der Waals surface area contributed by atoms with Crippen molar-refractivity contribution >= 4 is 11.8 Å². The summed E-state index contributed by atoms with van der Waals surface area (Å²) in [5, 5.41) is 12.7. The van der Waals surface area contributed by atoms with Crippen molar-refractivity contribution in [2.24, 2.45) is 0 Å². The number of hydrogen-bond acceptors (Lipinski definition) is 6. The molecule has 0 unspecified atom stereocenters. The van der Waals surface area contributed by atoms with E-state index in [1.165, 1.54) is 56.6 Å². The summed E-state index contributed by atoms with van der Waals surface area (Å²) in [5.41, 5.74) is 2.04. The highest BCUT2D eigenvalue weighted by Gasteiger charge is 2.32. The van der Waals surface area contributed by atoms with E-state index >= 15 is 0 Å². The van der Waals surface area contributed by atoms with Crippen molar-refractivity contribution in [2.75, 3.05) is 32.6 Å². The Hall–Kier alpha value is -3.77. The fourth-order valence-corrected chi connectivity index (χ4v) is 3.33. The summed E-state index contributed by atoms with van der Waals surface area (Å²) in [4.78, 5) is 12.6. The maximum absolute atomic E-state index is 12.8. The zero-order chi connectivity index (χ0) is 26.8. The number of amides is 2. The summed E-state index contributed by atoms with van der Waals surface area (Å²) in [7, 11) is 2.93. The maximum atomic E-state index is 12.8. The van der Waals surface area contributed by atoms with Crippen LogP contribution in [-0.4, -0.2) is 49.5 Å². The number of halogens is 3. The number of nitrogens with zero attached hydrogens (tertiary/aromatic N) is 2. The monoisotopic (exact) mass is 521 g/mol. The number of nitrogens with one attached hydrogen (secondary N) is 3. The van der Waals surface area contributed by atoms with Crippen LogP contribution in [0.5, 0.6) is 11.6 Å². The van der Waals surface area contributed by atoms with E-state index in [0.717, 1.165) is 0 Å². The number of para-hydroxylation sites is 1. The van der Waals surface area contributed by atoms with Crippen LogP contribution in [0.2, 0.25) is 0 Å². The molecule has 1 saturated heterocycles. The number of rotatable bonds is 8. The molecule has 0 bridgehead atoms. The molecule has 0 saturated carbocycles. The molecule has 1 aliphatic heterocycles. The number of hydrogen-bond donors (Lipinski definition) is 3. The zero-order valence-corrected chi connectivity index (χ0v) is 20.8. The molecule has 2 amide bonds. The van der Waals surface area contributed by atoms with Gasteiger partial charge in [0, 0.05) is 19.2 Å². The third kappa shape index (κ3) is 8.12. The quantitative estimate of drug-likeness (QED) is 0.403. The first-order valence-corrected chi connectivity index (χ1v) is 11.5. The van der Waals surface area contributed by atoms with Gasteiger partial charge in [-0.05, 0) is 56.3 Å². The van der Waals surface area contributed by atoms with E-state index in [0.29, 0.717) is 28.5 Å². The smallest absolute Gasteiger partial charge is 0.480 e. The maximum Gasteiger partial charge on any atom is 0.573 e. The van der Waals surface area contributed by atoms with E-state index < -0.39 is 18.1 Å². The Bertz CT molecular complexity index is 1160. The molecule has 1 aliphatic rings. The molecule has 0 atom stereocenters. The van der Waals surface area contributed by atoms with Crippen molar-refractivity contribution < 1.29 is 32.2 Å². The van der Waals surface area contributed by atoms with Gasteiger partial charge in [-0.2, -0.15) is 0 Å². The van der Waals surface area contributed by atoms with Crippen LogP contribution < -0.4 is 25.4 Å². The van der Waals surface area contributed by atoms with Crippen molar-refractivity contribution in [3.63, 3.8) is 0 Å². The number of carbonyl (C=O) groups excluding carboxylic acids is 1. The normalized spacial score (nSPS) is 12.6. The second kappa shape index (κ2) is 13.0. The standard InChI is InChI=1S/C22H23F3N4O4.C3H7N/c1-14-19(29(28-20(14)32-3)17-7-5-4-6-8-17)27-21(30)26-12-16-11-15(13-31-2)9-10-18(16)33-22(23,24)25;1-2-4-3-1/h4-11H,12-13H2,1-3H3,(H2,26,27,30);4H,1-3H2. The Morgan fingerprint density at radius 3 is 2.38 bits per heavy atom. The minimum absolute atomic E-state index is 0.142. The summed E-state index contributed by atoms with van der Waals surface area (Å²) in [5.74, 6) is 0.271. The van der Waals surface area contributed by atoms with Crippen LogP contribution >= 0.6 is 0 Å². The van der Waals surface area contributed by atoms with Gasteiger partial charge in [-0.15, -0.1) is 18.3 Å². The summed E-state index contributed by atoms with van der Waals surface area (Å²) in [6, 6.07) is 12.6. The van der Waals surface area contributed by atoms with Crippen LogP contribution in [0.25, 0.3) is 5.69 Å². The Labute approximate surface area is 212 Å². The second-order valence-corrected chi connectivity index (χ2v) is 8.06. The number of alkyl halides is 3. The summed E-state index contributed by atoms with van der Waals surface area (Å²) >= 11 is 0. The van der Waals surface area contributed by atoms with E-state index in [-0.39, 0.29) is 18.7 Å². The molecule has 0 spiro atoms. The van der Waals surface area contributed by atoms with Crippen LogP contribution in [0.4, 0.5) is 23.8 Å². The van der Waals surface area contributed by atoms with Gasteiger partial charge in [-0.3, -0.25) is 5.32 Å². The Morgan fingerprint density at radius 2 is 1.81 bits per heavy atom. The Balaban J connectivity index is 0.000000865. The molecule has 2 aromatic carbocycles. The number of carbonyl (C=O) groups is 1. The molecular formula is C25H30F3N5O4. The summed E-state index contributed by atoms with van der Waals surface area (Å²) < 4.78 is 54.2. The molecule has 0 radical (unpaired) electrons. The molecule has 9 nitrogen and oxygen atoms in total. The van der Waals surface area contributed by atoms with E-state index in [1.807, 2.05) is 18.2 Å². The van der Waals surface area contributed by atoms with Gasteiger partial charge in [0.1, 0.15) is 11.6 Å². The van der Waals surface area contributed by atoms with Crippen molar-refractivity contribution in [3.8, 4) is 17.3 Å². The molecule has 2 heterocycles. The molecule has 4 rings (SSSR count). The first kappa shape index (κ1) is 27.8. The Kier molecular flexibility index (Phi) is 9.75. The number of urea groups is 1. The fourth-order valence-electron chi connectivity index (χ4n) is 3.33. The molecule has 200 valence electrons. The molecule has 12 heteroatoms. The van der Waals surface area contributed by atoms with Crippen molar-refractivity contribution in [2.45, 2.75) is 32.9 Å². The van der Waals surface area contributed by atoms with E-state index in [4.69, 9.17) is 9.47 Å². The lowest BCUT2D eigenvalue weighted by Gasteiger charge is -2.16. The van der Waals surface area contributed by atoms with Crippen LogP contribution in [0.15, 0.2) is 48.5 Å². The zero-order valence-electron chi connectivity index (χ0n) is 20.8. The van der Waals surface area contributed by atoms with E-state index in [1.54, 1.807) is 19.1 Å². The molecule has 1 fully saturated rings. The van der Waals surface area contributed by atoms with Gasteiger partial charge >= 0.3 is 12.4 Å². The number of benzene rings is 2. The van der Waals surface area contributed by atoms with E-state index in [2.05, 4.69) is 25.8 Å². The van der Waals surface area contributed by atoms with Crippen molar-refractivity contribution in [1.29, 1.82) is 0 Å². The summed E-state index contributed by atoms with van der Waals surface area (Å²) in [6.07, 6.45) is -3.48. The topological polar surface area (TPSA) is 98.7 Å². The van der Waals surface area contributed by atoms with Crippen molar-refractivity contribution in [3.05, 3.63) is 65.2 Å². The second-order valence-electron chi connectivity index (χ2n) is 8.06. The third-order valence-electron chi connectivity index (χ3n) is 5.31. The lowest BCUT2D eigenvalue weighted by atomic mass is 10.1. The number of aromatic nitrogens is 2. The average molecular weight is 522 g/mol. The highest BCUT2D eigenvalue weighted by molar-refractivity contribution is 5.89. The first-order valence-electron chi connectivity index (χ1n) is 11.5. The molecular weight excluding hydrogens is 491 g/mol. The van der Waals surface area contributed by atoms with E-state index in [9.17, 15) is 18.0 Å². The van der Waals surface area contributed by atoms with Gasteiger partial charge in [-0.25, -0.2) is 9.48 Å². The number of anilines is 1. The van der Waals surface area contributed by atoms with Gasteiger partial charge in [0.05, 0.1) is 25.0 Å². The number of methoxy groups -OCH3 is 2. The SMILES string of the molecule is C1CNC1.COCc1ccc(OC(F)(F)F)c(CNC(=O)Nc2c(C)c(OC)nn2-c2ccccc2)c1. The average Bonchev–Trinajstić information content (AvgIpc) is 3.13. The lowest BCUT2D eigenvalue weighted by Crippen LogP contribution is -2.30. The summed E-state index contributed by atoms with van der Waals surface area (Å²) in [6.45, 7) is 4.20. The largest absolute Gasteiger partial charge is 0.573 e. The van der Waals surface area contributed by atoms with Crippen LogP contribution in [0.3, 0.4) is 0 Å². The van der Waals surface area contributed by atoms with Crippen LogP contribution in [0.1, 0.15) is 23.1 Å². The highest BCUT2D eigenvalue weighted by Crippen LogP contribution is 2.29. The van der Waals surface area contributed by atoms with Crippen LogP contribution in [0, 0.1) is 6.92 Å². The Morgan fingerprint density at radius 1 is 1.14 bits per heavy atom.